The molecule has 0 aliphatic rings. The monoisotopic (exact) mass is 291 g/mol. The highest BCUT2D eigenvalue weighted by Gasteiger charge is 2.16. The van der Waals surface area contributed by atoms with Crippen LogP contribution < -0.4 is 10.5 Å². The van der Waals surface area contributed by atoms with Crippen LogP contribution >= 0.6 is 0 Å². The largest absolute Gasteiger partial charge is 0.497 e. The van der Waals surface area contributed by atoms with E-state index >= 15 is 0 Å². The Morgan fingerprint density at radius 1 is 1.43 bits per heavy atom. The molecule has 2 rings (SSSR count). The van der Waals surface area contributed by atoms with E-state index in [-0.39, 0.29) is 18.6 Å². The molecule has 0 saturated heterocycles. The number of rotatable bonds is 7. The molecule has 114 valence electrons. The normalized spacial score (nSPS) is 13.9. The van der Waals surface area contributed by atoms with Crippen LogP contribution in [0, 0.1) is 5.92 Å². The Bertz CT molecular complexity index is 571. The van der Waals surface area contributed by atoms with E-state index in [4.69, 9.17) is 20.1 Å². The van der Waals surface area contributed by atoms with Crippen LogP contribution in [0.1, 0.15) is 24.2 Å². The molecule has 1 aromatic heterocycles. The summed E-state index contributed by atoms with van der Waals surface area (Å²) in [4.78, 5) is 4.36. The lowest BCUT2D eigenvalue weighted by Crippen LogP contribution is -2.33. The Morgan fingerprint density at radius 3 is 2.95 bits per heavy atom. The molecule has 2 atom stereocenters. The fraction of sp³-hybridized carbons (Fsp3) is 0.467. The highest BCUT2D eigenvalue weighted by atomic mass is 16.5. The first-order valence-corrected chi connectivity index (χ1v) is 6.93. The summed E-state index contributed by atoms with van der Waals surface area (Å²) < 4.78 is 10.4. The van der Waals surface area contributed by atoms with E-state index in [1.807, 2.05) is 31.2 Å². The summed E-state index contributed by atoms with van der Waals surface area (Å²) >= 11 is 0. The van der Waals surface area contributed by atoms with Gasteiger partial charge in [-0.1, -0.05) is 24.2 Å². The molecule has 1 aromatic carbocycles. The average Bonchev–Trinajstić information content (AvgIpc) is 2.93. The lowest BCUT2D eigenvalue weighted by Gasteiger charge is -2.14. The number of ether oxygens (including phenoxy) is 1. The van der Waals surface area contributed by atoms with Gasteiger partial charge in [0.15, 0.2) is 5.82 Å². The van der Waals surface area contributed by atoms with Gasteiger partial charge in [-0.2, -0.15) is 4.98 Å². The quantitative estimate of drug-likeness (QED) is 0.795. The third-order valence-electron chi connectivity index (χ3n) is 3.45. The molecule has 0 amide bonds. The molecule has 2 aromatic rings. The molecule has 0 aliphatic carbocycles. The average molecular weight is 291 g/mol. The van der Waals surface area contributed by atoms with Crippen LogP contribution in [0.5, 0.6) is 5.75 Å². The standard InChI is InChI=1S/C15H21N3O3/c1-10(13(16)9-19)6-14-17-15(21-18-14)8-11-4-3-5-12(7-11)20-2/h3-5,7,10,13,19H,6,8-9,16H2,1-2H3. The van der Waals surface area contributed by atoms with Crippen molar-refractivity contribution in [3.8, 4) is 5.75 Å². The molecule has 0 radical (unpaired) electrons. The lowest BCUT2D eigenvalue weighted by molar-refractivity contribution is 0.230. The van der Waals surface area contributed by atoms with Gasteiger partial charge in [0.1, 0.15) is 5.75 Å². The van der Waals surface area contributed by atoms with Gasteiger partial charge >= 0.3 is 0 Å². The zero-order chi connectivity index (χ0) is 15.2. The lowest BCUT2D eigenvalue weighted by atomic mass is 9.99. The fourth-order valence-corrected chi connectivity index (χ4v) is 2.02. The third kappa shape index (κ3) is 4.27. The van der Waals surface area contributed by atoms with Crippen LogP contribution in [-0.4, -0.2) is 35.0 Å². The molecule has 0 fully saturated rings. The van der Waals surface area contributed by atoms with Crippen molar-refractivity contribution in [2.45, 2.75) is 25.8 Å². The predicted molar refractivity (Wildman–Crippen MR) is 78.0 cm³/mol. The maximum absolute atomic E-state index is 9.03. The molecular weight excluding hydrogens is 270 g/mol. The topological polar surface area (TPSA) is 94.4 Å². The molecule has 2 unspecified atom stereocenters. The second-order valence-electron chi connectivity index (χ2n) is 5.16. The Kier molecular flexibility index (Phi) is 5.30. The maximum atomic E-state index is 9.03. The van der Waals surface area contributed by atoms with E-state index < -0.39 is 0 Å². The molecule has 6 heteroatoms. The Hall–Kier alpha value is -1.92. The van der Waals surface area contributed by atoms with Crippen LogP contribution in [0.4, 0.5) is 0 Å². The SMILES string of the molecule is COc1cccc(Cc2nc(CC(C)C(N)CO)no2)c1. The number of aromatic nitrogens is 2. The molecular formula is C15H21N3O3. The minimum atomic E-state index is -0.273. The van der Waals surface area contributed by atoms with Gasteiger partial charge in [0.05, 0.1) is 20.1 Å². The van der Waals surface area contributed by atoms with Crippen LogP contribution in [0.2, 0.25) is 0 Å². The summed E-state index contributed by atoms with van der Waals surface area (Å²) in [5.41, 5.74) is 6.82. The second kappa shape index (κ2) is 7.19. The van der Waals surface area contributed by atoms with E-state index in [1.54, 1.807) is 7.11 Å². The van der Waals surface area contributed by atoms with Crippen molar-refractivity contribution in [2.75, 3.05) is 13.7 Å². The zero-order valence-corrected chi connectivity index (χ0v) is 12.3. The summed E-state index contributed by atoms with van der Waals surface area (Å²) in [5, 5.41) is 13.0. The molecule has 3 N–H and O–H groups in total. The van der Waals surface area contributed by atoms with Crippen molar-refractivity contribution >= 4 is 0 Å². The number of aliphatic hydroxyl groups excluding tert-OH is 1. The van der Waals surface area contributed by atoms with Gasteiger partial charge < -0.3 is 20.1 Å². The first-order valence-electron chi connectivity index (χ1n) is 6.93. The van der Waals surface area contributed by atoms with Crippen molar-refractivity contribution in [1.29, 1.82) is 0 Å². The summed E-state index contributed by atoms with van der Waals surface area (Å²) in [6.45, 7) is 1.91. The van der Waals surface area contributed by atoms with E-state index in [0.717, 1.165) is 11.3 Å². The number of aliphatic hydroxyl groups is 1. The van der Waals surface area contributed by atoms with E-state index in [0.29, 0.717) is 24.6 Å². The number of nitrogens with zero attached hydrogens (tertiary/aromatic N) is 2. The van der Waals surface area contributed by atoms with Gasteiger partial charge in [0.25, 0.3) is 0 Å². The van der Waals surface area contributed by atoms with Crippen LogP contribution in [0.3, 0.4) is 0 Å². The zero-order valence-electron chi connectivity index (χ0n) is 12.3. The Morgan fingerprint density at radius 2 is 2.24 bits per heavy atom. The van der Waals surface area contributed by atoms with Gasteiger partial charge in [0, 0.05) is 12.5 Å². The van der Waals surface area contributed by atoms with Gasteiger partial charge in [-0.25, -0.2) is 0 Å². The predicted octanol–water partition coefficient (Wildman–Crippen LogP) is 1.17. The highest BCUT2D eigenvalue weighted by Crippen LogP contribution is 2.16. The number of hydrogen-bond donors (Lipinski definition) is 2. The number of nitrogens with two attached hydrogens (primary N) is 1. The van der Waals surface area contributed by atoms with E-state index in [9.17, 15) is 0 Å². The third-order valence-corrected chi connectivity index (χ3v) is 3.45. The highest BCUT2D eigenvalue weighted by molar-refractivity contribution is 5.29. The Balaban J connectivity index is 1.99. The molecule has 1 heterocycles. The van der Waals surface area contributed by atoms with Gasteiger partial charge in [0.2, 0.25) is 5.89 Å². The Labute approximate surface area is 123 Å². The fourth-order valence-electron chi connectivity index (χ4n) is 2.02. The maximum Gasteiger partial charge on any atom is 0.231 e. The van der Waals surface area contributed by atoms with Gasteiger partial charge in [-0.3, -0.25) is 0 Å². The van der Waals surface area contributed by atoms with Crippen molar-refractivity contribution in [3.05, 3.63) is 41.5 Å². The van der Waals surface area contributed by atoms with Gasteiger partial charge in [-0.05, 0) is 23.6 Å². The van der Waals surface area contributed by atoms with Crippen molar-refractivity contribution in [2.24, 2.45) is 11.7 Å². The number of benzene rings is 1. The number of hydrogen-bond acceptors (Lipinski definition) is 6. The minimum Gasteiger partial charge on any atom is -0.497 e. The molecule has 0 aliphatic heterocycles. The summed E-state index contributed by atoms with van der Waals surface area (Å²) in [7, 11) is 1.63. The molecule has 0 bridgehead atoms. The first-order chi connectivity index (χ1) is 10.1. The summed E-state index contributed by atoms with van der Waals surface area (Å²) in [5.74, 6) is 2.07. The smallest absolute Gasteiger partial charge is 0.231 e. The van der Waals surface area contributed by atoms with Crippen LogP contribution in [0.15, 0.2) is 28.8 Å². The first kappa shape index (κ1) is 15.5. The van der Waals surface area contributed by atoms with Crippen molar-refractivity contribution < 1.29 is 14.4 Å². The molecule has 0 spiro atoms. The molecule has 0 saturated carbocycles. The van der Waals surface area contributed by atoms with Crippen molar-refractivity contribution in [1.82, 2.24) is 10.1 Å². The molecule has 21 heavy (non-hydrogen) atoms. The van der Waals surface area contributed by atoms with E-state index in [1.165, 1.54) is 0 Å². The van der Waals surface area contributed by atoms with E-state index in [2.05, 4.69) is 10.1 Å². The van der Waals surface area contributed by atoms with Crippen molar-refractivity contribution in [3.63, 3.8) is 0 Å². The summed E-state index contributed by atoms with van der Waals surface area (Å²) in [6.07, 6.45) is 1.15. The second-order valence-corrected chi connectivity index (χ2v) is 5.16. The van der Waals surface area contributed by atoms with Crippen LogP contribution in [0.25, 0.3) is 0 Å². The molecule has 6 nitrogen and oxygen atoms in total. The summed E-state index contributed by atoms with van der Waals surface area (Å²) in [6, 6.07) is 7.46. The number of methoxy groups -OCH3 is 1. The minimum absolute atomic E-state index is 0.0459. The van der Waals surface area contributed by atoms with Crippen LogP contribution in [-0.2, 0) is 12.8 Å². The van der Waals surface area contributed by atoms with Gasteiger partial charge in [-0.15, -0.1) is 0 Å².